The van der Waals surface area contributed by atoms with Gasteiger partial charge in [0, 0.05) is 67.0 Å². The predicted octanol–water partition coefficient (Wildman–Crippen LogP) is 3.55. The number of hydrogen-bond donors (Lipinski definition) is 2. The molecule has 2 aromatic carbocycles. The summed E-state index contributed by atoms with van der Waals surface area (Å²) in [6.07, 6.45) is -3.38. The summed E-state index contributed by atoms with van der Waals surface area (Å²) in [6.45, 7) is 4.90. The number of pyridine rings is 1. The van der Waals surface area contributed by atoms with Crippen LogP contribution in [0.5, 0.6) is 5.75 Å². The van der Waals surface area contributed by atoms with Crippen LogP contribution in [0.4, 0.5) is 18.9 Å². The van der Waals surface area contributed by atoms with Gasteiger partial charge in [0.15, 0.2) is 0 Å². The van der Waals surface area contributed by atoms with Crippen molar-refractivity contribution in [1.82, 2.24) is 19.7 Å². The predicted molar refractivity (Wildman–Crippen MR) is 162 cm³/mol. The number of aliphatic carboxylic acids is 1. The van der Waals surface area contributed by atoms with Crippen molar-refractivity contribution >= 4 is 28.8 Å². The molecule has 4 rings (SSSR count). The lowest BCUT2D eigenvalue weighted by Crippen LogP contribution is -2.60. The van der Waals surface area contributed by atoms with E-state index >= 15 is 0 Å². The minimum atomic E-state index is -4.82. The lowest BCUT2D eigenvalue weighted by atomic mass is 10.1. The third-order valence-corrected chi connectivity index (χ3v) is 7.73. The molecule has 0 radical (unpaired) electrons. The lowest BCUT2D eigenvalue weighted by molar-refractivity contribution is -0.274. The second-order valence-corrected chi connectivity index (χ2v) is 11.4. The lowest BCUT2D eigenvalue weighted by Gasteiger charge is -2.45. The van der Waals surface area contributed by atoms with Crippen LogP contribution in [-0.2, 0) is 22.6 Å². The number of carboxylic acid groups (broad SMARTS) is 1. The number of carboxylic acids is 1. The number of rotatable bonds is 10. The number of alkyl halides is 3. The average Bonchev–Trinajstić information content (AvgIpc) is 3.01. The monoisotopic (exact) mass is 658 g/mol. The highest BCUT2D eigenvalue weighted by atomic mass is 32.2. The highest BCUT2D eigenvalue weighted by Crippen LogP contribution is 2.24. The van der Waals surface area contributed by atoms with Crippen LogP contribution in [0.15, 0.2) is 66.9 Å². The number of ether oxygens (including phenoxy) is 1. The molecule has 2 N–H and O–H groups in total. The molecule has 0 aliphatic carbocycles. The normalized spacial score (nSPS) is 15.2. The van der Waals surface area contributed by atoms with Gasteiger partial charge >= 0.3 is 12.3 Å². The molecule has 1 aromatic heterocycles. The second kappa shape index (κ2) is 15.2. The quantitative estimate of drug-likeness (QED) is 0.248. The molecule has 0 saturated carbocycles. The number of amides is 1. The van der Waals surface area contributed by atoms with Crippen molar-refractivity contribution in [2.45, 2.75) is 32.8 Å². The van der Waals surface area contributed by atoms with Crippen LogP contribution in [0.2, 0.25) is 0 Å². The first-order valence-electron chi connectivity index (χ1n) is 14.1. The molecule has 1 amide bonds. The number of piperazine rings is 1. The van der Waals surface area contributed by atoms with E-state index in [-0.39, 0.29) is 18.0 Å². The zero-order valence-corrected chi connectivity index (χ0v) is 25.7. The molecule has 2 unspecified atom stereocenters. The molecule has 1 aliphatic rings. The van der Waals surface area contributed by atoms with Gasteiger partial charge in [0.25, 0.3) is 5.91 Å². The van der Waals surface area contributed by atoms with Gasteiger partial charge in [-0.15, -0.1) is 13.2 Å². The summed E-state index contributed by atoms with van der Waals surface area (Å²) in [5.41, 5.74) is 2.64. The van der Waals surface area contributed by atoms with Crippen LogP contribution in [0, 0.1) is 17.8 Å². The molecule has 11 nitrogen and oxygen atoms in total. The zero-order chi connectivity index (χ0) is 33.4. The van der Waals surface area contributed by atoms with Gasteiger partial charge in [-0.3, -0.25) is 18.8 Å². The van der Waals surface area contributed by atoms with E-state index in [0.29, 0.717) is 42.9 Å². The molecular weight excluding hydrogens is 627 g/mol. The zero-order valence-electron chi connectivity index (χ0n) is 24.9. The first-order chi connectivity index (χ1) is 21.8. The standard InChI is InChI=1S/C31H32F3N5O6S/c1-21(2)28(30(41)42)39(46(43)44)38-16-14-37(15-17-38)25-10-8-22(9-11-25)6-7-23-12-13-35-27(19-23)29(40)36-20-24-4-3-5-26(18-24)45-31(32,33)34/h3-5,8-13,18-19,21,28H,14-17,20H2,1-2H3,(H,36,40)(H,41,42)(H,43,44)/p-1. The van der Waals surface area contributed by atoms with Crippen molar-refractivity contribution in [3.63, 3.8) is 0 Å². The number of hydrogen-bond acceptors (Lipinski definition) is 8. The maximum Gasteiger partial charge on any atom is 0.573 e. The van der Waals surface area contributed by atoms with Crippen LogP contribution in [0.3, 0.4) is 0 Å². The summed E-state index contributed by atoms with van der Waals surface area (Å²) in [6, 6.07) is 14.7. The molecule has 46 heavy (non-hydrogen) atoms. The number of aromatic nitrogens is 1. The largest absolute Gasteiger partial charge is 0.759 e. The maximum absolute atomic E-state index is 12.6. The summed E-state index contributed by atoms with van der Waals surface area (Å²) < 4.78 is 66.1. The van der Waals surface area contributed by atoms with E-state index in [0.717, 1.165) is 10.1 Å². The fourth-order valence-electron chi connectivity index (χ4n) is 4.81. The Kier molecular flexibility index (Phi) is 11.4. The van der Waals surface area contributed by atoms with Gasteiger partial charge in [-0.1, -0.05) is 37.8 Å². The van der Waals surface area contributed by atoms with Crippen molar-refractivity contribution < 1.29 is 41.4 Å². The Morgan fingerprint density at radius 2 is 1.74 bits per heavy atom. The first-order valence-corrected chi connectivity index (χ1v) is 15.2. The smallest absolute Gasteiger partial charge is 0.573 e. The molecule has 2 heterocycles. The Balaban J connectivity index is 1.34. The first kappa shape index (κ1) is 34.4. The van der Waals surface area contributed by atoms with E-state index in [9.17, 15) is 36.6 Å². The minimum Gasteiger partial charge on any atom is -0.759 e. The molecule has 1 saturated heterocycles. The third-order valence-electron chi connectivity index (χ3n) is 6.97. The van der Waals surface area contributed by atoms with Gasteiger partial charge in [0.05, 0.1) is 0 Å². The molecule has 15 heteroatoms. The number of anilines is 1. The fraction of sp³-hybridized carbons (Fsp3) is 0.323. The van der Waals surface area contributed by atoms with E-state index in [2.05, 4.69) is 31.8 Å². The number of benzene rings is 2. The molecule has 244 valence electrons. The molecular formula is C31H31F3N5O6S-. The number of carbonyl (C=O) groups excluding carboxylic acids is 1. The van der Waals surface area contributed by atoms with Crippen molar-refractivity contribution in [2.24, 2.45) is 5.92 Å². The minimum absolute atomic E-state index is 0.0376. The fourth-order valence-corrected chi connectivity index (χ4v) is 5.68. The summed E-state index contributed by atoms with van der Waals surface area (Å²) >= 11 is -2.73. The molecule has 1 aliphatic heterocycles. The van der Waals surface area contributed by atoms with Crippen LogP contribution < -0.4 is 15.0 Å². The van der Waals surface area contributed by atoms with E-state index in [1.807, 2.05) is 24.3 Å². The van der Waals surface area contributed by atoms with Gasteiger partial charge in [-0.25, -0.2) is 5.01 Å². The van der Waals surface area contributed by atoms with Crippen molar-refractivity contribution in [3.05, 3.63) is 89.2 Å². The summed E-state index contributed by atoms with van der Waals surface area (Å²) in [5, 5.41) is 13.8. The van der Waals surface area contributed by atoms with Gasteiger partial charge < -0.3 is 24.6 Å². The number of nitrogens with zero attached hydrogens (tertiary/aromatic N) is 4. The molecule has 0 bridgehead atoms. The van der Waals surface area contributed by atoms with Crippen molar-refractivity contribution in [2.75, 3.05) is 31.1 Å². The summed E-state index contributed by atoms with van der Waals surface area (Å²) in [7, 11) is 0. The van der Waals surface area contributed by atoms with Gasteiger partial charge in [-0.2, -0.15) is 4.41 Å². The van der Waals surface area contributed by atoms with E-state index < -0.39 is 41.5 Å². The van der Waals surface area contributed by atoms with Gasteiger partial charge in [-0.05, 0) is 60.0 Å². The number of carbonyl (C=O) groups is 2. The molecule has 3 aromatic rings. The molecule has 1 fully saturated rings. The van der Waals surface area contributed by atoms with Crippen LogP contribution in [0.1, 0.15) is 41.0 Å². The van der Waals surface area contributed by atoms with Gasteiger partial charge in [0.2, 0.25) is 0 Å². The highest BCUT2D eigenvalue weighted by Gasteiger charge is 2.35. The topological polar surface area (TPSA) is 138 Å². The highest BCUT2D eigenvalue weighted by molar-refractivity contribution is 7.76. The van der Waals surface area contributed by atoms with Crippen LogP contribution in [-0.4, -0.2) is 78.7 Å². The molecule has 0 spiro atoms. The van der Waals surface area contributed by atoms with Gasteiger partial charge in [0.1, 0.15) is 17.5 Å². The number of halogens is 3. The summed E-state index contributed by atoms with van der Waals surface area (Å²) in [4.78, 5) is 30.5. The van der Waals surface area contributed by atoms with E-state index in [1.165, 1.54) is 30.5 Å². The average molecular weight is 659 g/mol. The van der Waals surface area contributed by atoms with E-state index in [4.69, 9.17) is 0 Å². The second-order valence-electron chi connectivity index (χ2n) is 10.6. The Bertz CT molecular complexity index is 1620. The number of hydrazine groups is 1. The number of nitrogens with one attached hydrogen (secondary N) is 1. The molecule has 2 atom stereocenters. The SMILES string of the molecule is CC(C)C(C(=O)O)N(N1CCN(c2ccc(C#Cc3ccnc(C(=O)NCc4cccc(OC(F)(F)F)c4)c3)cc2)CC1)S(=O)[O-]. The third kappa shape index (κ3) is 9.51. The Hall–Kier alpha value is -4.49. The van der Waals surface area contributed by atoms with E-state index in [1.54, 1.807) is 31.0 Å². The Morgan fingerprint density at radius 1 is 1.07 bits per heavy atom. The van der Waals surface area contributed by atoms with Crippen molar-refractivity contribution in [3.8, 4) is 17.6 Å². The summed E-state index contributed by atoms with van der Waals surface area (Å²) in [5.74, 6) is 3.50. The Labute approximate surface area is 266 Å². The van der Waals surface area contributed by atoms with Crippen molar-refractivity contribution in [1.29, 1.82) is 0 Å². The Morgan fingerprint density at radius 3 is 2.35 bits per heavy atom. The van der Waals surface area contributed by atoms with Crippen LogP contribution >= 0.6 is 0 Å². The maximum atomic E-state index is 12.6. The van der Waals surface area contributed by atoms with Crippen LogP contribution in [0.25, 0.3) is 0 Å².